The Bertz CT molecular complexity index is 1020. The molecular formula is C18H15NO4S. The Kier molecular flexibility index (Phi) is 3.99. The maximum absolute atomic E-state index is 12.7. The van der Waals surface area contributed by atoms with Gasteiger partial charge in [-0.05, 0) is 24.6 Å². The molecule has 0 bridgehead atoms. The van der Waals surface area contributed by atoms with Crippen molar-refractivity contribution in [1.82, 2.24) is 0 Å². The number of carbonyl (C=O) groups excluding carboxylic acids is 1. The minimum atomic E-state index is -0.660. The maximum Gasteiger partial charge on any atom is 0.347 e. The van der Waals surface area contributed by atoms with Crippen molar-refractivity contribution >= 4 is 38.3 Å². The Morgan fingerprint density at radius 1 is 1.25 bits per heavy atom. The van der Waals surface area contributed by atoms with E-state index in [0.717, 1.165) is 5.56 Å². The summed E-state index contributed by atoms with van der Waals surface area (Å²) in [6.07, 6.45) is 0. The third-order valence-electron chi connectivity index (χ3n) is 3.73. The van der Waals surface area contributed by atoms with Crippen LogP contribution in [0.1, 0.15) is 21.5 Å². The van der Waals surface area contributed by atoms with Crippen LogP contribution >= 0.6 is 11.3 Å². The molecule has 122 valence electrons. The van der Waals surface area contributed by atoms with Crippen LogP contribution in [0, 0.1) is 6.92 Å². The number of carbonyl (C=O) groups is 1. The summed E-state index contributed by atoms with van der Waals surface area (Å²) < 4.78 is 5.84. The monoisotopic (exact) mass is 341 g/mol. The zero-order chi connectivity index (χ0) is 17.4. The van der Waals surface area contributed by atoms with Gasteiger partial charge in [0.25, 0.3) is 5.91 Å². The third kappa shape index (κ3) is 2.72. The second-order valence-electron chi connectivity index (χ2n) is 5.39. The smallest absolute Gasteiger partial charge is 0.347 e. The predicted molar refractivity (Wildman–Crippen MR) is 95.9 cm³/mol. The van der Waals surface area contributed by atoms with E-state index in [1.54, 1.807) is 19.2 Å². The molecule has 3 rings (SSSR count). The lowest BCUT2D eigenvalue weighted by molar-refractivity contribution is 0.0993. The second kappa shape index (κ2) is 5.98. The topological polar surface area (TPSA) is 70.8 Å². The second-order valence-corrected chi connectivity index (χ2v) is 6.45. The first-order chi connectivity index (χ1) is 11.4. The summed E-state index contributed by atoms with van der Waals surface area (Å²) in [6, 6.07) is 10.5. The van der Waals surface area contributed by atoms with E-state index in [0.29, 0.717) is 20.8 Å². The van der Waals surface area contributed by atoms with Crippen LogP contribution in [0.4, 0.5) is 5.00 Å². The molecule has 2 aromatic heterocycles. The molecule has 0 atom stereocenters. The van der Waals surface area contributed by atoms with Crippen molar-refractivity contribution < 1.29 is 14.3 Å². The van der Waals surface area contributed by atoms with E-state index < -0.39 is 5.63 Å². The van der Waals surface area contributed by atoms with Gasteiger partial charge in [-0.3, -0.25) is 4.79 Å². The van der Waals surface area contributed by atoms with Crippen molar-refractivity contribution in [2.75, 3.05) is 11.9 Å². The SMILES string of the molecule is C=C(O)c1cc2sc(N(C)C(=O)c3ccccc3C)cc2oc1=O. The van der Waals surface area contributed by atoms with Crippen molar-refractivity contribution in [3.05, 3.63) is 70.1 Å². The maximum atomic E-state index is 12.7. The van der Waals surface area contributed by atoms with Crippen molar-refractivity contribution in [3.8, 4) is 0 Å². The number of benzene rings is 1. The normalized spacial score (nSPS) is 10.8. The van der Waals surface area contributed by atoms with Crippen molar-refractivity contribution in [1.29, 1.82) is 0 Å². The van der Waals surface area contributed by atoms with Crippen LogP contribution in [0.3, 0.4) is 0 Å². The molecule has 3 aromatic rings. The number of aliphatic hydroxyl groups is 1. The van der Waals surface area contributed by atoms with E-state index in [1.165, 1.54) is 22.3 Å². The van der Waals surface area contributed by atoms with E-state index in [1.807, 2.05) is 25.1 Å². The first kappa shape index (κ1) is 16.0. The van der Waals surface area contributed by atoms with E-state index in [-0.39, 0.29) is 17.2 Å². The van der Waals surface area contributed by atoms with Crippen LogP contribution in [0.15, 0.2) is 52.2 Å². The van der Waals surface area contributed by atoms with Crippen molar-refractivity contribution in [2.45, 2.75) is 6.92 Å². The number of aliphatic hydroxyl groups excluding tert-OH is 1. The number of rotatable bonds is 3. The molecular weight excluding hydrogens is 326 g/mol. The average molecular weight is 341 g/mol. The fraction of sp³-hybridized carbons (Fsp3) is 0.111. The molecule has 0 fully saturated rings. The fourth-order valence-electron chi connectivity index (χ4n) is 2.36. The van der Waals surface area contributed by atoms with Crippen LogP contribution in [0.25, 0.3) is 16.0 Å². The minimum Gasteiger partial charge on any atom is -0.508 e. The number of hydrogen-bond donors (Lipinski definition) is 1. The highest BCUT2D eigenvalue weighted by molar-refractivity contribution is 7.22. The van der Waals surface area contributed by atoms with Gasteiger partial charge in [-0.15, -0.1) is 11.3 Å². The van der Waals surface area contributed by atoms with Gasteiger partial charge in [0.05, 0.1) is 4.70 Å². The van der Waals surface area contributed by atoms with Crippen molar-refractivity contribution in [3.63, 3.8) is 0 Å². The highest BCUT2D eigenvalue weighted by Gasteiger charge is 2.19. The van der Waals surface area contributed by atoms with Crippen LogP contribution in [0.5, 0.6) is 0 Å². The Balaban J connectivity index is 2.03. The van der Waals surface area contributed by atoms with Gasteiger partial charge in [0, 0.05) is 18.7 Å². The molecule has 24 heavy (non-hydrogen) atoms. The van der Waals surface area contributed by atoms with Gasteiger partial charge in [-0.2, -0.15) is 0 Å². The predicted octanol–water partition coefficient (Wildman–Crippen LogP) is 3.97. The van der Waals surface area contributed by atoms with Gasteiger partial charge in [0.1, 0.15) is 16.3 Å². The first-order valence-electron chi connectivity index (χ1n) is 7.18. The number of anilines is 1. The van der Waals surface area contributed by atoms with Gasteiger partial charge in [0.2, 0.25) is 0 Å². The van der Waals surface area contributed by atoms with Gasteiger partial charge in [0.15, 0.2) is 5.58 Å². The van der Waals surface area contributed by atoms with Gasteiger partial charge < -0.3 is 14.4 Å². The molecule has 6 heteroatoms. The highest BCUT2D eigenvalue weighted by atomic mass is 32.1. The lowest BCUT2D eigenvalue weighted by Crippen LogP contribution is -2.25. The number of fused-ring (bicyclic) bond motifs is 1. The van der Waals surface area contributed by atoms with Crippen LogP contribution < -0.4 is 10.5 Å². The Hall–Kier alpha value is -2.86. The number of amides is 1. The van der Waals surface area contributed by atoms with Crippen LogP contribution in [-0.4, -0.2) is 18.1 Å². The molecule has 0 saturated carbocycles. The summed E-state index contributed by atoms with van der Waals surface area (Å²) in [5, 5.41) is 10.1. The van der Waals surface area contributed by atoms with E-state index >= 15 is 0 Å². The van der Waals surface area contributed by atoms with Gasteiger partial charge in [-0.1, -0.05) is 24.8 Å². The largest absolute Gasteiger partial charge is 0.508 e. The number of nitrogens with zero attached hydrogens (tertiary/aromatic N) is 1. The molecule has 0 spiro atoms. The summed E-state index contributed by atoms with van der Waals surface area (Å²) >= 11 is 1.29. The summed E-state index contributed by atoms with van der Waals surface area (Å²) in [5.41, 5.74) is 1.23. The van der Waals surface area contributed by atoms with Crippen LogP contribution in [-0.2, 0) is 0 Å². The number of hydrogen-bond acceptors (Lipinski definition) is 5. The van der Waals surface area contributed by atoms with Gasteiger partial charge >= 0.3 is 5.63 Å². The first-order valence-corrected chi connectivity index (χ1v) is 7.99. The molecule has 0 aliphatic carbocycles. The zero-order valence-corrected chi connectivity index (χ0v) is 14.0. The lowest BCUT2D eigenvalue weighted by atomic mass is 10.1. The quantitative estimate of drug-likeness (QED) is 0.732. The van der Waals surface area contributed by atoms with Crippen LogP contribution in [0.2, 0.25) is 0 Å². The summed E-state index contributed by atoms with van der Waals surface area (Å²) in [4.78, 5) is 26.0. The summed E-state index contributed by atoms with van der Waals surface area (Å²) in [5.74, 6) is -0.487. The molecule has 0 saturated heterocycles. The van der Waals surface area contributed by atoms with Gasteiger partial charge in [-0.25, -0.2) is 4.79 Å². The molecule has 2 heterocycles. The van der Waals surface area contributed by atoms with E-state index in [9.17, 15) is 14.7 Å². The molecule has 0 aliphatic rings. The van der Waals surface area contributed by atoms with E-state index in [2.05, 4.69) is 6.58 Å². The third-order valence-corrected chi connectivity index (χ3v) is 4.87. The number of thiophene rings is 1. The molecule has 0 unspecified atom stereocenters. The molecule has 1 amide bonds. The Morgan fingerprint density at radius 3 is 2.62 bits per heavy atom. The molecule has 0 radical (unpaired) electrons. The average Bonchev–Trinajstić information content (AvgIpc) is 2.95. The van der Waals surface area contributed by atoms with Crippen molar-refractivity contribution in [2.24, 2.45) is 0 Å². The molecule has 1 N–H and O–H groups in total. The fourth-order valence-corrected chi connectivity index (χ4v) is 3.35. The van der Waals surface area contributed by atoms with E-state index in [4.69, 9.17) is 4.42 Å². The minimum absolute atomic E-state index is 0.0174. The highest BCUT2D eigenvalue weighted by Crippen LogP contribution is 2.33. The lowest BCUT2D eigenvalue weighted by Gasteiger charge is -2.16. The molecule has 1 aromatic carbocycles. The number of aryl methyl sites for hydroxylation is 1. The summed E-state index contributed by atoms with van der Waals surface area (Å²) in [7, 11) is 1.67. The molecule has 5 nitrogen and oxygen atoms in total. The standard InChI is InChI=1S/C18H15NO4S/c1-10-6-4-5-7-12(10)17(21)19(3)16-9-14-15(24-16)8-13(11(2)20)18(22)23-14/h4-9,20H,2H2,1,3H3. The molecule has 0 aliphatic heterocycles. The Labute approximate surface area is 142 Å². The summed E-state index contributed by atoms with van der Waals surface area (Å²) in [6.45, 7) is 5.23. The Morgan fingerprint density at radius 2 is 1.96 bits per heavy atom. The zero-order valence-electron chi connectivity index (χ0n) is 13.2.